The molecular weight excluding hydrogens is 190 g/mol. The highest BCUT2D eigenvalue weighted by Gasteiger charge is 2.08. The van der Waals surface area contributed by atoms with Crippen LogP contribution in [0.25, 0.3) is 0 Å². The van der Waals surface area contributed by atoms with Crippen LogP contribution in [0.2, 0.25) is 0 Å². The van der Waals surface area contributed by atoms with Crippen LogP contribution < -0.4 is 4.72 Å². The third kappa shape index (κ3) is 6.55. The van der Waals surface area contributed by atoms with Gasteiger partial charge in [0.1, 0.15) is 0 Å². The summed E-state index contributed by atoms with van der Waals surface area (Å²) in [4.78, 5) is 0. The molecule has 0 saturated heterocycles. The van der Waals surface area contributed by atoms with Gasteiger partial charge >= 0.3 is 0 Å². The average Bonchev–Trinajstić information content (AvgIpc) is 1.84. The molecule has 0 aliphatic heterocycles. The molecule has 0 fully saturated rings. The molecule has 0 aliphatic rings. The number of alkyl halides is 1. The van der Waals surface area contributed by atoms with Crippen molar-refractivity contribution in [1.29, 1.82) is 0 Å². The van der Waals surface area contributed by atoms with Gasteiger partial charge in [0.25, 0.3) is 0 Å². The molecule has 68 valence electrons. The quantitative estimate of drug-likeness (QED) is 0.591. The molecule has 0 amide bonds. The Morgan fingerprint density at radius 3 is 2.55 bits per heavy atom. The summed E-state index contributed by atoms with van der Waals surface area (Å²) in [6, 6.07) is 0. The van der Waals surface area contributed by atoms with Crippen LogP contribution in [0.4, 0.5) is 0 Å². The van der Waals surface area contributed by atoms with Crippen molar-refractivity contribution in [2.24, 2.45) is 0 Å². The molecule has 0 radical (unpaired) electrons. The third-order valence-corrected chi connectivity index (χ3v) is 2.71. The first kappa shape index (κ1) is 11.2. The Balaban J connectivity index is 3.74. The summed E-state index contributed by atoms with van der Waals surface area (Å²) in [5.74, 6) is -0.0452. The molecule has 2 N–H and O–H groups in total. The molecule has 0 aromatic heterocycles. The van der Waals surface area contributed by atoms with E-state index in [1.807, 2.05) is 0 Å². The van der Waals surface area contributed by atoms with Crippen molar-refractivity contribution in [2.45, 2.75) is 13.0 Å². The van der Waals surface area contributed by atoms with E-state index in [4.69, 9.17) is 16.7 Å². The predicted molar refractivity (Wildman–Crippen MR) is 44.2 cm³/mol. The van der Waals surface area contributed by atoms with E-state index in [9.17, 15) is 8.42 Å². The zero-order valence-corrected chi connectivity index (χ0v) is 7.82. The molecule has 6 heteroatoms. The van der Waals surface area contributed by atoms with Gasteiger partial charge in [0.15, 0.2) is 0 Å². The molecule has 0 bridgehead atoms. The van der Waals surface area contributed by atoms with E-state index < -0.39 is 16.1 Å². The summed E-state index contributed by atoms with van der Waals surface area (Å²) in [6.45, 7) is 1.54. The number of aliphatic hydroxyl groups excluding tert-OH is 1. The average molecular weight is 202 g/mol. The maximum absolute atomic E-state index is 10.8. The Morgan fingerprint density at radius 1 is 1.64 bits per heavy atom. The standard InChI is InChI=1S/C5H12ClNO3S/c1-5(8)4-7-11(9,10)3-2-6/h5,7-8H,2-4H2,1H3. The zero-order valence-electron chi connectivity index (χ0n) is 6.25. The second-order valence-corrected chi connectivity index (χ2v) is 4.51. The van der Waals surface area contributed by atoms with Gasteiger partial charge in [-0.05, 0) is 6.92 Å². The fourth-order valence-corrected chi connectivity index (χ4v) is 1.87. The van der Waals surface area contributed by atoms with Crippen LogP contribution in [0.3, 0.4) is 0 Å². The summed E-state index contributed by atoms with van der Waals surface area (Å²) in [5, 5.41) is 8.72. The van der Waals surface area contributed by atoms with E-state index in [1.54, 1.807) is 0 Å². The van der Waals surface area contributed by atoms with Crippen LogP contribution in [-0.4, -0.2) is 37.8 Å². The smallest absolute Gasteiger partial charge is 0.212 e. The maximum Gasteiger partial charge on any atom is 0.212 e. The Kier molecular flexibility index (Phi) is 4.99. The first-order chi connectivity index (χ1) is 4.98. The number of hydrogen-bond donors (Lipinski definition) is 2. The van der Waals surface area contributed by atoms with Crippen LogP contribution in [-0.2, 0) is 10.0 Å². The van der Waals surface area contributed by atoms with E-state index in [0.29, 0.717) is 0 Å². The summed E-state index contributed by atoms with van der Waals surface area (Å²) >= 11 is 5.22. The molecule has 0 aromatic rings. The lowest BCUT2D eigenvalue weighted by Gasteiger charge is -2.05. The lowest BCUT2D eigenvalue weighted by molar-refractivity contribution is 0.198. The van der Waals surface area contributed by atoms with Crippen LogP contribution in [0.1, 0.15) is 6.92 Å². The van der Waals surface area contributed by atoms with Gasteiger partial charge in [0.05, 0.1) is 11.9 Å². The van der Waals surface area contributed by atoms with E-state index in [2.05, 4.69) is 4.72 Å². The topological polar surface area (TPSA) is 66.4 Å². The van der Waals surface area contributed by atoms with Crippen LogP contribution >= 0.6 is 11.6 Å². The Hall–Kier alpha value is 0.160. The number of halogens is 1. The summed E-state index contributed by atoms with van der Waals surface area (Å²) in [5.41, 5.74) is 0. The van der Waals surface area contributed by atoms with Gasteiger partial charge in [0, 0.05) is 12.4 Å². The second-order valence-electron chi connectivity index (χ2n) is 2.21. The maximum atomic E-state index is 10.8. The predicted octanol–water partition coefficient (Wildman–Crippen LogP) is -0.475. The SMILES string of the molecule is CC(O)CNS(=O)(=O)CCCl. The van der Waals surface area contributed by atoms with Gasteiger partial charge in [-0.15, -0.1) is 11.6 Å². The lowest BCUT2D eigenvalue weighted by Crippen LogP contribution is -2.32. The Bertz CT molecular complexity index is 190. The van der Waals surface area contributed by atoms with Crippen molar-refractivity contribution < 1.29 is 13.5 Å². The van der Waals surface area contributed by atoms with E-state index in [-0.39, 0.29) is 18.2 Å². The number of rotatable bonds is 5. The van der Waals surface area contributed by atoms with Gasteiger partial charge in [-0.3, -0.25) is 0 Å². The van der Waals surface area contributed by atoms with Crippen molar-refractivity contribution in [3.05, 3.63) is 0 Å². The fourth-order valence-electron chi connectivity index (χ4n) is 0.421. The van der Waals surface area contributed by atoms with Crippen LogP contribution in [0, 0.1) is 0 Å². The van der Waals surface area contributed by atoms with Gasteiger partial charge in [-0.2, -0.15) is 0 Å². The first-order valence-electron chi connectivity index (χ1n) is 3.19. The monoisotopic (exact) mass is 201 g/mol. The van der Waals surface area contributed by atoms with E-state index in [0.717, 1.165) is 0 Å². The van der Waals surface area contributed by atoms with Gasteiger partial charge in [-0.1, -0.05) is 0 Å². The molecule has 1 atom stereocenters. The number of sulfonamides is 1. The molecule has 11 heavy (non-hydrogen) atoms. The van der Waals surface area contributed by atoms with Crippen molar-refractivity contribution in [2.75, 3.05) is 18.2 Å². The number of nitrogens with one attached hydrogen (secondary N) is 1. The minimum Gasteiger partial charge on any atom is -0.392 e. The molecule has 1 unspecified atom stereocenters. The molecule has 0 rings (SSSR count). The van der Waals surface area contributed by atoms with Gasteiger partial charge in [0.2, 0.25) is 10.0 Å². The molecular formula is C5H12ClNO3S. The normalized spacial score (nSPS) is 14.8. The fraction of sp³-hybridized carbons (Fsp3) is 1.00. The van der Waals surface area contributed by atoms with Crippen molar-refractivity contribution >= 4 is 21.6 Å². The van der Waals surface area contributed by atoms with Crippen molar-refractivity contribution in [1.82, 2.24) is 4.72 Å². The first-order valence-corrected chi connectivity index (χ1v) is 5.38. The van der Waals surface area contributed by atoms with Gasteiger partial charge in [-0.25, -0.2) is 13.1 Å². The molecule has 4 nitrogen and oxygen atoms in total. The number of hydrogen-bond acceptors (Lipinski definition) is 3. The Labute approximate surface area is 71.6 Å². The second kappa shape index (κ2) is 4.92. The summed E-state index contributed by atoms with van der Waals surface area (Å²) in [6.07, 6.45) is -0.667. The zero-order chi connectivity index (χ0) is 8.91. The van der Waals surface area contributed by atoms with Crippen LogP contribution in [0.5, 0.6) is 0 Å². The third-order valence-electron chi connectivity index (χ3n) is 0.945. The largest absolute Gasteiger partial charge is 0.392 e. The highest BCUT2D eigenvalue weighted by atomic mass is 35.5. The van der Waals surface area contributed by atoms with E-state index in [1.165, 1.54) is 6.92 Å². The van der Waals surface area contributed by atoms with Crippen LogP contribution in [0.15, 0.2) is 0 Å². The summed E-state index contributed by atoms with van der Waals surface area (Å²) < 4.78 is 23.9. The highest BCUT2D eigenvalue weighted by Crippen LogP contribution is 1.87. The minimum absolute atomic E-state index is 0.0409. The van der Waals surface area contributed by atoms with Crippen molar-refractivity contribution in [3.63, 3.8) is 0 Å². The molecule has 0 aromatic carbocycles. The van der Waals surface area contributed by atoms with E-state index >= 15 is 0 Å². The molecule has 0 spiro atoms. The molecule has 0 heterocycles. The highest BCUT2D eigenvalue weighted by molar-refractivity contribution is 7.89. The number of aliphatic hydroxyl groups is 1. The lowest BCUT2D eigenvalue weighted by atomic mass is 10.4. The molecule has 0 saturated carbocycles. The van der Waals surface area contributed by atoms with Gasteiger partial charge < -0.3 is 5.11 Å². The van der Waals surface area contributed by atoms with Crippen molar-refractivity contribution in [3.8, 4) is 0 Å². The summed E-state index contributed by atoms with van der Waals surface area (Å²) in [7, 11) is -3.27. The minimum atomic E-state index is -3.27. The Morgan fingerprint density at radius 2 is 2.18 bits per heavy atom. The molecule has 0 aliphatic carbocycles.